The minimum absolute atomic E-state index is 0.0236. The van der Waals surface area contributed by atoms with E-state index < -0.39 is 0 Å². The number of hydrogen-bond donors (Lipinski definition) is 2. The summed E-state index contributed by atoms with van der Waals surface area (Å²) in [6.45, 7) is 2.80. The van der Waals surface area contributed by atoms with Crippen LogP contribution in [0.4, 0.5) is 5.69 Å². The number of benzene rings is 1. The van der Waals surface area contributed by atoms with Crippen LogP contribution in [-0.2, 0) is 4.79 Å². The largest absolute Gasteiger partial charge is 0.368 e. The van der Waals surface area contributed by atoms with Gasteiger partial charge in [0.2, 0.25) is 5.91 Å². The highest BCUT2D eigenvalue weighted by Gasteiger charge is 2.21. The van der Waals surface area contributed by atoms with E-state index in [-0.39, 0.29) is 17.2 Å². The maximum atomic E-state index is 12.5. The van der Waals surface area contributed by atoms with E-state index in [4.69, 9.17) is 11.6 Å². The normalized spacial score (nSPS) is 14.7. The fraction of sp³-hybridized carbons (Fsp3) is 0.294. The van der Waals surface area contributed by atoms with Gasteiger partial charge in [-0.2, -0.15) is 0 Å². The molecular weight excluding hydrogens is 388 g/mol. The molecule has 2 aromatic heterocycles. The van der Waals surface area contributed by atoms with Crippen molar-refractivity contribution in [2.75, 3.05) is 36.8 Å². The second-order valence-corrected chi connectivity index (χ2v) is 7.51. The van der Waals surface area contributed by atoms with E-state index in [9.17, 15) is 9.59 Å². The van der Waals surface area contributed by atoms with Gasteiger partial charge in [0.15, 0.2) is 16.3 Å². The predicted octanol–water partition coefficient (Wildman–Crippen LogP) is 1.74. The zero-order chi connectivity index (χ0) is 18.8. The third kappa shape index (κ3) is 3.93. The van der Waals surface area contributed by atoms with Crippen molar-refractivity contribution in [2.24, 2.45) is 0 Å². The number of piperazine rings is 1. The highest BCUT2D eigenvalue weighted by atomic mass is 35.5. The number of aromatic nitrogens is 4. The molecule has 27 heavy (non-hydrogen) atoms. The number of halogens is 1. The summed E-state index contributed by atoms with van der Waals surface area (Å²) in [5, 5.41) is 1.10. The summed E-state index contributed by atoms with van der Waals surface area (Å²) >= 11 is 7.26. The Labute approximate surface area is 163 Å². The molecule has 1 amide bonds. The van der Waals surface area contributed by atoms with Crippen molar-refractivity contribution in [3.63, 3.8) is 0 Å². The lowest BCUT2D eigenvalue weighted by molar-refractivity contribution is -0.128. The summed E-state index contributed by atoms with van der Waals surface area (Å²) in [5.41, 5.74) is 1.47. The highest BCUT2D eigenvalue weighted by molar-refractivity contribution is 7.99. The molecule has 1 aliphatic rings. The van der Waals surface area contributed by atoms with Crippen LogP contribution in [0.5, 0.6) is 0 Å². The van der Waals surface area contributed by atoms with E-state index in [0.717, 1.165) is 18.8 Å². The van der Waals surface area contributed by atoms with Crippen LogP contribution < -0.4 is 10.5 Å². The Morgan fingerprint density at radius 3 is 2.85 bits per heavy atom. The number of thioether (sulfide) groups is 1. The number of aromatic amines is 2. The van der Waals surface area contributed by atoms with Gasteiger partial charge in [-0.25, -0.2) is 9.97 Å². The zero-order valence-corrected chi connectivity index (χ0v) is 15.9. The summed E-state index contributed by atoms with van der Waals surface area (Å²) in [5.74, 6) is 0.242. The SMILES string of the molecule is O=C(CSc1nc2nc[nH]c2c(=O)[nH]1)N1CCN(c2cccc(Cl)c2)CC1. The number of nitrogens with zero attached hydrogens (tertiary/aromatic N) is 4. The highest BCUT2D eigenvalue weighted by Crippen LogP contribution is 2.21. The zero-order valence-electron chi connectivity index (χ0n) is 14.3. The molecule has 10 heteroatoms. The van der Waals surface area contributed by atoms with Gasteiger partial charge in [-0.15, -0.1) is 0 Å². The first-order chi connectivity index (χ1) is 13.1. The lowest BCUT2D eigenvalue weighted by Gasteiger charge is -2.36. The van der Waals surface area contributed by atoms with Gasteiger partial charge >= 0.3 is 0 Å². The van der Waals surface area contributed by atoms with Crippen LogP contribution in [0.2, 0.25) is 5.02 Å². The van der Waals surface area contributed by atoms with E-state index in [1.807, 2.05) is 29.2 Å². The Kier molecular flexibility index (Phi) is 5.04. The lowest BCUT2D eigenvalue weighted by atomic mass is 10.2. The summed E-state index contributed by atoms with van der Waals surface area (Å²) in [4.78, 5) is 42.1. The maximum Gasteiger partial charge on any atom is 0.277 e. The average molecular weight is 405 g/mol. The third-order valence-electron chi connectivity index (χ3n) is 4.41. The van der Waals surface area contributed by atoms with Crippen molar-refractivity contribution in [3.8, 4) is 0 Å². The summed E-state index contributed by atoms with van der Waals surface area (Å²) in [7, 11) is 0. The van der Waals surface area contributed by atoms with Gasteiger partial charge in [-0.3, -0.25) is 14.6 Å². The molecule has 4 rings (SSSR count). The number of rotatable bonds is 4. The average Bonchev–Trinajstić information content (AvgIpc) is 3.15. The summed E-state index contributed by atoms with van der Waals surface area (Å²) in [6.07, 6.45) is 1.42. The lowest BCUT2D eigenvalue weighted by Crippen LogP contribution is -2.49. The van der Waals surface area contributed by atoms with E-state index in [1.54, 1.807) is 0 Å². The van der Waals surface area contributed by atoms with Crippen LogP contribution in [0.3, 0.4) is 0 Å². The van der Waals surface area contributed by atoms with Gasteiger partial charge in [-0.1, -0.05) is 29.4 Å². The molecule has 1 aliphatic heterocycles. The monoisotopic (exact) mass is 404 g/mol. The molecule has 3 heterocycles. The van der Waals surface area contributed by atoms with E-state index in [1.165, 1.54) is 18.1 Å². The fourth-order valence-corrected chi connectivity index (χ4v) is 3.94. The molecule has 1 saturated heterocycles. The number of H-pyrrole nitrogens is 2. The molecule has 1 fully saturated rings. The standard InChI is InChI=1S/C17H17ClN6O2S/c18-11-2-1-3-12(8-11)23-4-6-24(7-5-23)13(25)9-27-17-21-15-14(16(26)22-17)19-10-20-15/h1-3,8,10H,4-7,9H2,(H2,19,20,21,22,26). The van der Waals surface area contributed by atoms with Gasteiger partial charge in [0, 0.05) is 36.9 Å². The van der Waals surface area contributed by atoms with Gasteiger partial charge in [0.05, 0.1) is 12.1 Å². The molecule has 8 nitrogen and oxygen atoms in total. The first-order valence-corrected chi connectivity index (χ1v) is 9.81. The van der Waals surface area contributed by atoms with E-state index >= 15 is 0 Å². The second kappa shape index (κ2) is 7.61. The predicted molar refractivity (Wildman–Crippen MR) is 105 cm³/mol. The molecule has 140 valence electrons. The van der Waals surface area contributed by atoms with Crippen molar-refractivity contribution in [1.82, 2.24) is 24.8 Å². The number of hydrogen-bond acceptors (Lipinski definition) is 6. The molecular formula is C17H17ClN6O2S. The third-order valence-corrected chi connectivity index (χ3v) is 5.51. The molecule has 0 unspecified atom stereocenters. The Bertz CT molecular complexity index is 1030. The number of carbonyl (C=O) groups is 1. The number of fused-ring (bicyclic) bond motifs is 1. The molecule has 0 aliphatic carbocycles. The first-order valence-electron chi connectivity index (χ1n) is 8.44. The minimum atomic E-state index is -0.289. The Hall–Kier alpha value is -2.52. The fourth-order valence-electron chi connectivity index (χ4n) is 3.00. The maximum absolute atomic E-state index is 12.5. The topological polar surface area (TPSA) is 98.0 Å². The smallest absolute Gasteiger partial charge is 0.277 e. The minimum Gasteiger partial charge on any atom is -0.368 e. The number of nitrogens with one attached hydrogen (secondary N) is 2. The van der Waals surface area contributed by atoms with Crippen LogP contribution in [0.1, 0.15) is 0 Å². The quantitative estimate of drug-likeness (QED) is 0.507. The summed E-state index contributed by atoms with van der Waals surface area (Å²) in [6, 6.07) is 7.73. The molecule has 0 bridgehead atoms. The molecule has 1 aromatic carbocycles. The van der Waals surface area contributed by atoms with Gasteiger partial charge in [0.25, 0.3) is 5.56 Å². The van der Waals surface area contributed by atoms with Crippen LogP contribution in [0.25, 0.3) is 11.2 Å². The summed E-state index contributed by atoms with van der Waals surface area (Å²) < 4.78 is 0. The number of carbonyl (C=O) groups excluding carboxylic acids is 1. The van der Waals surface area contributed by atoms with Gasteiger partial charge < -0.3 is 14.8 Å². The molecule has 0 radical (unpaired) electrons. The van der Waals surface area contributed by atoms with Gasteiger partial charge in [0.1, 0.15) is 0 Å². The van der Waals surface area contributed by atoms with E-state index in [0.29, 0.717) is 34.4 Å². The number of amides is 1. The molecule has 2 N–H and O–H groups in total. The van der Waals surface area contributed by atoms with Crippen molar-refractivity contribution >= 4 is 46.1 Å². The Balaban J connectivity index is 1.33. The van der Waals surface area contributed by atoms with E-state index in [2.05, 4.69) is 24.8 Å². The van der Waals surface area contributed by atoms with Crippen LogP contribution in [-0.4, -0.2) is 62.7 Å². The van der Waals surface area contributed by atoms with Crippen LogP contribution >= 0.6 is 23.4 Å². The van der Waals surface area contributed by atoms with Crippen molar-refractivity contribution in [3.05, 3.63) is 46.0 Å². The number of imidazole rings is 1. The molecule has 0 spiro atoms. The van der Waals surface area contributed by atoms with Crippen molar-refractivity contribution < 1.29 is 4.79 Å². The number of anilines is 1. The molecule has 0 saturated carbocycles. The Morgan fingerprint density at radius 2 is 2.07 bits per heavy atom. The Morgan fingerprint density at radius 1 is 1.26 bits per heavy atom. The molecule has 0 atom stereocenters. The van der Waals surface area contributed by atoms with Crippen LogP contribution in [0, 0.1) is 0 Å². The first kappa shape index (κ1) is 17.9. The second-order valence-electron chi connectivity index (χ2n) is 6.11. The van der Waals surface area contributed by atoms with Crippen molar-refractivity contribution in [2.45, 2.75) is 5.16 Å². The molecule has 3 aromatic rings. The van der Waals surface area contributed by atoms with Gasteiger partial charge in [-0.05, 0) is 18.2 Å². The van der Waals surface area contributed by atoms with Crippen LogP contribution in [0.15, 0.2) is 40.5 Å². The van der Waals surface area contributed by atoms with Crippen molar-refractivity contribution in [1.29, 1.82) is 0 Å².